The van der Waals surface area contributed by atoms with Crippen molar-refractivity contribution < 1.29 is 14.3 Å². The van der Waals surface area contributed by atoms with Gasteiger partial charge in [0.15, 0.2) is 6.61 Å². The predicted octanol–water partition coefficient (Wildman–Crippen LogP) is 1.63. The molecular weight excluding hydrogens is 288 g/mol. The molecule has 0 aliphatic rings. The quantitative estimate of drug-likeness (QED) is 0.678. The van der Waals surface area contributed by atoms with Crippen LogP contribution in [0.25, 0.3) is 0 Å². The molecule has 0 bridgehead atoms. The van der Waals surface area contributed by atoms with Crippen molar-refractivity contribution in [3.63, 3.8) is 0 Å². The molecule has 0 spiro atoms. The number of benzene rings is 1. The van der Waals surface area contributed by atoms with E-state index in [1.807, 2.05) is 6.07 Å². The Hall–Kier alpha value is -1.66. The average molecular weight is 310 g/mol. The van der Waals surface area contributed by atoms with Crippen molar-refractivity contribution >= 4 is 23.1 Å². The molecule has 0 aliphatic carbocycles. The highest BCUT2D eigenvalue weighted by atomic mass is 32.1. The number of thiocarbonyl (C=S) groups is 1. The normalized spacial score (nSPS) is 11.7. The fourth-order valence-electron chi connectivity index (χ4n) is 1.96. The minimum Gasteiger partial charge on any atom is -0.483 e. The Morgan fingerprint density at radius 1 is 1.43 bits per heavy atom. The van der Waals surface area contributed by atoms with Crippen LogP contribution in [0.15, 0.2) is 24.3 Å². The largest absolute Gasteiger partial charge is 0.483 e. The number of nitrogens with one attached hydrogen (secondary N) is 1. The van der Waals surface area contributed by atoms with Gasteiger partial charge < -0.3 is 20.5 Å². The van der Waals surface area contributed by atoms with Gasteiger partial charge in [-0.3, -0.25) is 4.79 Å². The van der Waals surface area contributed by atoms with Gasteiger partial charge in [0.25, 0.3) is 5.91 Å². The maximum absolute atomic E-state index is 11.9. The predicted molar refractivity (Wildman–Crippen MR) is 86.5 cm³/mol. The number of para-hydroxylation sites is 1. The van der Waals surface area contributed by atoms with Crippen LogP contribution in [0.2, 0.25) is 0 Å². The summed E-state index contributed by atoms with van der Waals surface area (Å²) in [6.07, 6.45) is 1.84. The molecular formula is C15H22N2O3S. The second-order valence-electron chi connectivity index (χ2n) is 4.66. The molecule has 0 saturated heterocycles. The number of nitrogens with two attached hydrogens (primary N) is 1. The number of methoxy groups -OCH3 is 1. The third-order valence-corrected chi connectivity index (χ3v) is 3.10. The molecule has 0 radical (unpaired) electrons. The van der Waals surface area contributed by atoms with Crippen molar-refractivity contribution in [1.82, 2.24) is 5.32 Å². The molecule has 0 fully saturated rings. The summed E-state index contributed by atoms with van der Waals surface area (Å²) in [6, 6.07) is 7.12. The Kier molecular flexibility index (Phi) is 7.71. The molecule has 6 heteroatoms. The van der Waals surface area contributed by atoms with Crippen LogP contribution in [-0.4, -0.2) is 37.3 Å². The average Bonchev–Trinajstić information content (AvgIpc) is 2.46. The monoisotopic (exact) mass is 310 g/mol. The third-order valence-electron chi connectivity index (χ3n) is 2.88. The Morgan fingerprint density at radius 2 is 2.14 bits per heavy atom. The molecule has 0 saturated carbocycles. The standard InChI is InChI=1S/C15H22N2O3S/c1-3-6-11(9-19-2)17-14(18)10-20-13-8-5-4-7-12(13)15(16)21/h4-5,7-8,11H,3,6,9-10H2,1-2H3,(H2,16,21)(H,17,18). The first-order chi connectivity index (χ1) is 10.1. The molecule has 1 aromatic carbocycles. The van der Waals surface area contributed by atoms with Gasteiger partial charge in [-0.15, -0.1) is 0 Å². The second-order valence-corrected chi connectivity index (χ2v) is 5.10. The van der Waals surface area contributed by atoms with Crippen LogP contribution < -0.4 is 15.8 Å². The van der Waals surface area contributed by atoms with Crippen molar-refractivity contribution in [1.29, 1.82) is 0 Å². The number of carbonyl (C=O) groups is 1. The molecule has 0 aromatic heterocycles. The summed E-state index contributed by atoms with van der Waals surface area (Å²) in [5, 5.41) is 2.88. The summed E-state index contributed by atoms with van der Waals surface area (Å²) in [6.45, 7) is 2.47. The fourth-order valence-corrected chi connectivity index (χ4v) is 2.12. The first kappa shape index (κ1) is 17.4. The Bertz CT molecular complexity index is 474. The molecule has 116 valence electrons. The summed E-state index contributed by atoms with van der Waals surface area (Å²) in [5.41, 5.74) is 6.24. The summed E-state index contributed by atoms with van der Waals surface area (Å²) >= 11 is 4.95. The van der Waals surface area contributed by atoms with Gasteiger partial charge in [0, 0.05) is 7.11 Å². The zero-order chi connectivity index (χ0) is 15.7. The lowest BCUT2D eigenvalue weighted by molar-refractivity contribution is -0.124. The van der Waals surface area contributed by atoms with Crippen molar-refractivity contribution in [2.75, 3.05) is 20.3 Å². The molecule has 1 atom stereocenters. The Labute approximate surface area is 130 Å². The van der Waals surface area contributed by atoms with E-state index in [2.05, 4.69) is 12.2 Å². The van der Waals surface area contributed by atoms with Gasteiger partial charge in [-0.2, -0.15) is 0 Å². The van der Waals surface area contributed by atoms with Crippen LogP contribution in [-0.2, 0) is 9.53 Å². The number of rotatable bonds is 9. The Balaban J connectivity index is 2.54. The number of hydrogen-bond acceptors (Lipinski definition) is 4. The number of hydrogen-bond donors (Lipinski definition) is 2. The Morgan fingerprint density at radius 3 is 2.76 bits per heavy atom. The fraction of sp³-hybridized carbons (Fsp3) is 0.467. The molecule has 0 heterocycles. The molecule has 0 aliphatic heterocycles. The van der Waals surface area contributed by atoms with Gasteiger partial charge in [0.05, 0.1) is 18.2 Å². The first-order valence-corrected chi connectivity index (χ1v) is 7.29. The molecule has 1 unspecified atom stereocenters. The van der Waals surface area contributed by atoms with E-state index in [-0.39, 0.29) is 23.5 Å². The number of amides is 1. The van der Waals surface area contributed by atoms with E-state index in [9.17, 15) is 4.79 Å². The SMILES string of the molecule is CCCC(COC)NC(=O)COc1ccccc1C(N)=S. The molecule has 5 nitrogen and oxygen atoms in total. The zero-order valence-corrected chi connectivity index (χ0v) is 13.2. The van der Waals surface area contributed by atoms with E-state index in [0.29, 0.717) is 17.9 Å². The highest BCUT2D eigenvalue weighted by molar-refractivity contribution is 7.80. The van der Waals surface area contributed by atoms with Crippen molar-refractivity contribution in [2.24, 2.45) is 5.73 Å². The van der Waals surface area contributed by atoms with Crippen LogP contribution in [0, 0.1) is 0 Å². The van der Waals surface area contributed by atoms with Crippen LogP contribution in [0.5, 0.6) is 5.75 Å². The summed E-state index contributed by atoms with van der Waals surface area (Å²) in [7, 11) is 1.61. The van der Waals surface area contributed by atoms with E-state index in [0.717, 1.165) is 12.8 Å². The number of ether oxygens (including phenoxy) is 2. The van der Waals surface area contributed by atoms with Gasteiger partial charge >= 0.3 is 0 Å². The molecule has 1 rings (SSSR count). The summed E-state index contributed by atoms with van der Waals surface area (Å²) in [5.74, 6) is 0.321. The first-order valence-electron chi connectivity index (χ1n) is 6.88. The number of carbonyl (C=O) groups excluding carboxylic acids is 1. The molecule has 3 N–H and O–H groups in total. The lowest BCUT2D eigenvalue weighted by Gasteiger charge is -2.17. The third kappa shape index (κ3) is 6.10. The lowest BCUT2D eigenvalue weighted by atomic mass is 10.2. The molecule has 21 heavy (non-hydrogen) atoms. The van der Waals surface area contributed by atoms with Crippen LogP contribution >= 0.6 is 12.2 Å². The summed E-state index contributed by atoms with van der Waals surface area (Å²) in [4.78, 5) is 12.1. The second kappa shape index (κ2) is 9.31. The smallest absolute Gasteiger partial charge is 0.258 e. The van der Waals surface area contributed by atoms with Crippen LogP contribution in [0.4, 0.5) is 0 Å². The van der Waals surface area contributed by atoms with Crippen molar-refractivity contribution in [2.45, 2.75) is 25.8 Å². The van der Waals surface area contributed by atoms with Crippen molar-refractivity contribution in [3.8, 4) is 5.75 Å². The minimum atomic E-state index is -0.191. The van der Waals surface area contributed by atoms with Crippen LogP contribution in [0.3, 0.4) is 0 Å². The molecule has 1 amide bonds. The highest BCUT2D eigenvalue weighted by Crippen LogP contribution is 2.17. The van der Waals surface area contributed by atoms with Gasteiger partial charge in [-0.05, 0) is 18.6 Å². The zero-order valence-electron chi connectivity index (χ0n) is 12.4. The molecule has 1 aromatic rings. The minimum absolute atomic E-state index is 0.00179. The van der Waals surface area contributed by atoms with E-state index in [1.54, 1.807) is 25.3 Å². The van der Waals surface area contributed by atoms with Gasteiger partial charge in [0.1, 0.15) is 10.7 Å². The maximum Gasteiger partial charge on any atom is 0.258 e. The van der Waals surface area contributed by atoms with Gasteiger partial charge in [-0.1, -0.05) is 37.7 Å². The van der Waals surface area contributed by atoms with Gasteiger partial charge in [-0.25, -0.2) is 0 Å². The van der Waals surface area contributed by atoms with E-state index < -0.39 is 0 Å². The van der Waals surface area contributed by atoms with E-state index in [1.165, 1.54) is 0 Å². The maximum atomic E-state index is 11.9. The van der Waals surface area contributed by atoms with Crippen LogP contribution in [0.1, 0.15) is 25.3 Å². The van der Waals surface area contributed by atoms with Gasteiger partial charge in [0.2, 0.25) is 0 Å². The topological polar surface area (TPSA) is 73.6 Å². The van der Waals surface area contributed by atoms with Crippen molar-refractivity contribution in [3.05, 3.63) is 29.8 Å². The van der Waals surface area contributed by atoms with E-state index in [4.69, 9.17) is 27.4 Å². The summed E-state index contributed by atoms with van der Waals surface area (Å²) < 4.78 is 10.6. The van der Waals surface area contributed by atoms with E-state index >= 15 is 0 Å². The lowest BCUT2D eigenvalue weighted by Crippen LogP contribution is -2.40. The highest BCUT2D eigenvalue weighted by Gasteiger charge is 2.13.